The molecule has 1 aromatic heterocycles. The number of rotatable bonds is 8. The lowest BCUT2D eigenvalue weighted by Crippen LogP contribution is -2.47. The minimum absolute atomic E-state index is 0.0379. The third kappa shape index (κ3) is 4.70. The summed E-state index contributed by atoms with van der Waals surface area (Å²) in [6.45, 7) is 7.77. The monoisotopic (exact) mass is 516 g/mol. The van der Waals surface area contributed by atoms with Gasteiger partial charge in [-0.25, -0.2) is 4.31 Å². The van der Waals surface area contributed by atoms with Crippen LogP contribution in [-0.4, -0.2) is 46.5 Å². The van der Waals surface area contributed by atoms with Crippen LogP contribution in [0.25, 0.3) is 0 Å². The van der Waals surface area contributed by atoms with Crippen LogP contribution in [0.15, 0.2) is 43.2 Å². The number of halogens is 1. The van der Waals surface area contributed by atoms with Crippen molar-refractivity contribution in [2.24, 2.45) is 0 Å². The number of fused-ring (bicyclic) bond motifs is 1. The molecule has 3 aromatic rings. The quantitative estimate of drug-likeness (QED) is 0.225. The lowest BCUT2D eigenvalue weighted by Gasteiger charge is -2.36. The Balaban J connectivity index is 1.35. The molecule has 0 amide bonds. The third-order valence-electron chi connectivity index (χ3n) is 6.86. The first kappa shape index (κ1) is 24.2. The van der Waals surface area contributed by atoms with Crippen molar-refractivity contribution in [2.75, 3.05) is 36.8 Å². The largest absolute Gasteiger partial charge is 0.505 e. The summed E-state index contributed by atoms with van der Waals surface area (Å²) in [5.41, 5.74) is -0.569. The fourth-order valence-corrected chi connectivity index (χ4v) is 6.17. The molecule has 0 bridgehead atoms. The van der Waals surface area contributed by atoms with Crippen LogP contribution in [0.4, 0.5) is 17.1 Å². The van der Waals surface area contributed by atoms with Gasteiger partial charge in [-0.3, -0.25) is 14.5 Å². The molecule has 0 radical (unpaired) electrons. The molecule has 0 aliphatic carbocycles. The summed E-state index contributed by atoms with van der Waals surface area (Å²) in [7, 11) is 0. The van der Waals surface area contributed by atoms with E-state index in [0.29, 0.717) is 33.8 Å². The van der Waals surface area contributed by atoms with Gasteiger partial charge in [0.15, 0.2) is 5.75 Å². The summed E-state index contributed by atoms with van der Waals surface area (Å²) in [5.74, 6) is 1.43. The van der Waals surface area contributed by atoms with Crippen molar-refractivity contribution >= 4 is 40.6 Å². The number of nitrogens with zero attached hydrogens (tertiary/aromatic N) is 2. The summed E-state index contributed by atoms with van der Waals surface area (Å²) in [5, 5.41) is 17.6. The van der Waals surface area contributed by atoms with Crippen LogP contribution in [0.2, 0.25) is 5.02 Å². The van der Waals surface area contributed by atoms with Crippen molar-refractivity contribution in [3.63, 3.8) is 0 Å². The summed E-state index contributed by atoms with van der Waals surface area (Å²) in [4.78, 5) is 27.8. The van der Waals surface area contributed by atoms with Gasteiger partial charge in [0.1, 0.15) is 22.9 Å². The molecule has 3 N–H and O–H groups in total. The number of phenols is 1. The fraction of sp³-hybridized carbons (Fsp3) is 0.440. The van der Waals surface area contributed by atoms with E-state index in [1.807, 2.05) is 26.0 Å². The third-order valence-corrected chi connectivity index (χ3v) is 8.47. The van der Waals surface area contributed by atoms with Crippen molar-refractivity contribution in [2.45, 2.75) is 50.1 Å². The van der Waals surface area contributed by atoms with Crippen molar-refractivity contribution in [1.29, 1.82) is 0 Å². The molecule has 8 nitrogen and oxygen atoms in total. The van der Waals surface area contributed by atoms with Crippen molar-refractivity contribution in [1.82, 2.24) is 9.21 Å². The molecule has 2 aromatic carbocycles. The van der Waals surface area contributed by atoms with Crippen molar-refractivity contribution in [3.8, 4) is 5.75 Å². The van der Waals surface area contributed by atoms with Gasteiger partial charge in [0.05, 0.1) is 21.6 Å². The zero-order valence-electron chi connectivity index (χ0n) is 19.8. The molecule has 10 heteroatoms. The Morgan fingerprint density at radius 1 is 1.17 bits per heavy atom. The molecule has 5 rings (SSSR count). The Morgan fingerprint density at radius 2 is 1.97 bits per heavy atom. The minimum atomic E-state index is -0.626. The van der Waals surface area contributed by atoms with Crippen LogP contribution in [0, 0.1) is 6.92 Å². The van der Waals surface area contributed by atoms with E-state index in [1.54, 1.807) is 12.1 Å². The average molecular weight is 517 g/mol. The van der Waals surface area contributed by atoms with E-state index in [4.69, 9.17) is 16.0 Å². The normalized spacial score (nSPS) is 19.7. The molecular weight excluding hydrogens is 488 g/mol. The highest BCUT2D eigenvalue weighted by molar-refractivity contribution is 7.97. The highest BCUT2D eigenvalue weighted by atomic mass is 35.5. The first-order valence-electron chi connectivity index (χ1n) is 12.0. The first-order chi connectivity index (χ1) is 16.9. The SMILES string of the molecule is CC[C@@H](Nc1c(Nc2ccc(Cl)c(SN3CCN4CCCC4C3)c2O)c(=O)c1=O)c1ccc(C)o1. The molecule has 186 valence electrons. The number of aromatic hydroxyl groups is 1. The van der Waals surface area contributed by atoms with Gasteiger partial charge in [0.2, 0.25) is 0 Å². The van der Waals surface area contributed by atoms with Gasteiger partial charge in [0.25, 0.3) is 10.9 Å². The minimum Gasteiger partial charge on any atom is -0.505 e. The van der Waals surface area contributed by atoms with E-state index < -0.39 is 10.9 Å². The zero-order chi connectivity index (χ0) is 24.7. The Kier molecular flexibility index (Phi) is 6.85. The van der Waals surface area contributed by atoms with Crippen molar-refractivity contribution < 1.29 is 9.52 Å². The predicted molar refractivity (Wildman–Crippen MR) is 140 cm³/mol. The van der Waals surface area contributed by atoms with E-state index in [0.717, 1.165) is 31.9 Å². The smallest absolute Gasteiger partial charge is 0.253 e. The molecule has 2 atom stereocenters. The Labute approximate surface area is 213 Å². The number of aryl methyl sites for hydroxylation is 1. The number of nitrogens with one attached hydrogen (secondary N) is 2. The van der Waals surface area contributed by atoms with Crippen molar-refractivity contribution in [3.05, 3.63) is 61.3 Å². The van der Waals surface area contributed by atoms with E-state index in [1.165, 1.54) is 24.8 Å². The summed E-state index contributed by atoms with van der Waals surface area (Å²) >= 11 is 7.89. The van der Waals surface area contributed by atoms with Gasteiger partial charge < -0.3 is 20.2 Å². The molecule has 2 fully saturated rings. The molecule has 2 aliphatic rings. The molecule has 2 saturated heterocycles. The van der Waals surface area contributed by atoms with Gasteiger partial charge in [0, 0.05) is 25.7 Å². The standard InChI is InChI=1S/C25H29ClN4O4S/c1-3-17(19-9-6-14(2)34-19)27-20-21(24(33)23(20)32)28-18-8-7-16(26)25(22(18)31)35-30-12-11-29-10-4-5-15(29)13-30/h6-9,15,17,27-28,31H,3-5,10-13H2,1-2H3/t15?,17-/m1/s1. The topological polar surface area (TPSA) is 98.0 Å². The van der Waals surface area contributed by atoms with E-state index in [-0.39, 0.29) is 23.2 Å². The summed E-state index contributed by atoms with van der Waals surface area (Å²) in [6, 6.07) is 7.31. The van der Waals surface area contributed by atoms with Crippen LogP contribution < -0.4 is 21.5 Å². The van der Waals surface area contributed by atoms with Crippen LogP contribution in [0.1, 0.15) is 43.7 Å². The maximum Gasteiger partial charge on any atom is 0.253 e. The van der Waals surface area contributed by atoms with Crippen LogP contribution in [0.3, 0.4) is 0 Å². The number of anilines is 3. The highest BCUT2D eigenvalue weighted by Crippen LogP contribution is 2.44. The van der Waals surface area contributed by atoms with Gasteiger partial charge in [-0.2, -0.15) is 0 Å². The predicted octanol–water partition coefficient (Wildman–Crippen LogP) is 4.64. The number of furan rings is 1. The highest BCUT2D eigenvalue weighted by Gasteiger charge is 2.32. The Hall–Kier alpha value is -2.46. The maximum atomic E-state index is 12.4. The first-order valence-corrected chi connectivity index (χ1v) is 13.1. The molecule has 2 aliphatic heterocycles. The number of piperazine rings is 1. The molecule has 0 spiro atoms. The molecule has 1 unspecified atom stereocenters. The number of benzene rings is 1. The van der Waals surface area contributed by atoms with Crippen LogP contribution >= 0.6 is 23.5 Å². The van der Waals surface area contributed by atoms with Gasteiger partial charge in [-0.05, 0) is 68.9 Å². The van der Waals surface area contributed by atoms with E-state index in [9.17, 15) is 14.7 Å². The molecular formula is C25H29ClN4O4S. The van der Waals surface area contributed by atoms with Crippen LogP contribution in [-0.2, 0) is 0 Å². The van der Waals surface area contributed by atoms with E-state index >= 15 is 0 Å². The molecule has 3 heterocycles. The number of phenolic OH excluding ortho intramolecular Hbond substituents is 1. The lowest BCUT2D eigenvalue weighted by molar-refractivity contribution is 0.165. The van der Waals surface area contributed by atoms with Gasteiger partial charge >= 0.3 is 0 Å². The van der Waals surface area contributed by atoms with Gasteiger partial charge in [-0.1, -0.05) is 18.5 Å². The van der Waals surface area contributed by atoms with E-state index in [2.05, 4.69) is 19.8 Å². The number of hydrogen-bond donors (Lipinski definition) is 3. The maximum absolute atomic E-state index is 12.4. The van der Waals surface area contributed by atoms with Gasteiger partial charge in [-0.15, -0.1) is 0 Å². The Bertz CT molecular complexity index is 1300. The lowest BCUT2D eigenvalue weighted by atomic mass is 10.1. The van der Waals surface area contributed by atoms with Crippen LogP contribution in [0.5, 0.6) is 5.75 Å². The summed E-state index contributed by atoms with van der Waals surface area (Å²) in [6.07, 6.45) is 3.08. The molecule has 35 heavy (non-hydrogen) atoms. The molecule has 0 saturated carbocycles. The second kappa shape index (κ2) is 9.89. The zero-order valence-corrected chi connectivity index (χ0v) is 21.3. The second-order valence-corrected chi connectivity index (χ2v) is 10.7. The second-order valence-electron chi connectivity index (χ2n) is 9.17. The fourth-order valence-electron chi connectivity index (χ4n) is 4.88. The summed E-state index contributed by atoms with van der Waals surface area (Å²) < 4.78 is 7.94. The number of hydrogen-bond acceptors (Lipinski definition) is 9. The Morgan fingerprint density at radius 3 is 2.71 bits per heavy atom. The average Bonchev–Trinajstić information content (AvgIpc) is 3.50.